The van der Waals surface area contributed by atoms with Crippen LogP contribution in [0.15, 0.2) is 54.6 Å². The number of hydrogen-bond donors (Lipinski definition) is 0. The Balaban J connectivity index is 1.79. The molecule has 1 aliphatic heterocycles. The highest BCUT2D eigenvalue weighted by atomic mass is 16.6. The van der Waals surface area contributed by atoms with Crippen LogP contribution in [0.4, 0.5) is 0 Å². The van der Waals surface area contributed by atoms with Crippen LogP contribution in [-0.4, -0.2) is 11.4 Å². The molecule has 2 atom stereocenters. The molecule has 2 nitrogen and oxygen atoms in total. The minimum Gasteiger partial charge on any atom is -0.352 e. The molecule has 0 aromatic heterocycles. The van der Waals surface area contributed by atoms with Gasteiger partial charge in [0.15, 0.2) is 11.4 Å². The first-order chi connectivity index (χ1) is 10.0. The molecule has 0 amide bonds. The smallest absolute Gasteiger partial charge is 0.198 e. The van der Waals surface area contributed by atoms with Crippen LogP contribution >= 0.6 is 0 Å². The number of fused-ring (bicyclic) bond motifs is 1. The van der Waals surface area contributed by atoms with E-state index in [9.17, 15) is 4.79 Å². The van der Waals surface area contributed by atoms with Crippen LogP contribution in [0.2, 0.25) is 0 Å². The van der Waals surface area contributed by atoms with Crippen molar-refractivity contribution in [2.45, 2.75) is 37.4 Å². The van der Waals surface area contributed by atoms with Gasteiger partial charge in [0, 0.05) is 5.56 Å². The van der Waals surface area contributed by atoms with Gasteiger partial charge in [0.25, 0.3) is 0 Å². The number of Topliss-reactive ketones (excluding diaryl/α,β-unsaturated/α-hetero) is 1. The molecule has 2 heteroatoms. The van der Waals surface area contributed by atoms with E-state index in [1.54, 1.807) is 0 Å². The van der Waals surface area contributed by atoms with E-state index in [1.807, 2.05) is 48.5 Å². The van der Waals surface area contributed by atoms with E-state index in [1.165, 1.54) is 0 Å². The average molecular weight is 278 g/mol. The summed E-state index contributed by atoms with van der Waals surface area (Å²) in [6.07, 6.45) is 0.647. The highest BCUT2D eigenvalue weighted by Crippen LogP contribution is 2.60. The Morgan fingerprint density at radius 3 is 2.43 bits per heavy atom. The van der Waals surface area contributed by atoms with Crippen LogP contribution in [-0.2, 0) is 10.2 Å². The molecule has 0 radical (unpaired) electrons. The van der Waals surface area contributed by atoms with Crippen molar-refractivity contribution in [3.63, 3.8) is 0 Å². The number of carbonyl (C=O) groups is 1. The number of carbonyl (C=O) groups excluding carboxylic acids is 1. The third kappa shape index (κ3) is 1.72. The van der Waals surface area contributed by atoms with Crippen molar-refractivity contribution < 1.29 is 9.53 Å². The van der Waals surface area contributed by atoms with Crippen molar-refractivity contribution in [2.75, 3.05) is 0 Å². The molecular weight excluding hydrogens is 260 g/mol. The molecule has 21 heavy (non-hydrogen) atoms. The molecular formula is C19H18O2. The van der Waals surface area contributed by atoms with E-state index in [2.05, 4.69) is 19.9 Å². The Morgan fingerprint density at radius 2 is 1.67 bits per heavy atom. The molecule has 4 rings (SSSR count). The number of epoxide rings is 1. The van der Waals surface area contributed by atoms with Gasteiger partial charge in [-0.3, -0.25) is 4.79 Å². The first kappa shape index (κ1) is 12.8. The number of rotatable bonds is 1. The molecule has 2 aliphatic rings. The fraction of sp³-hybridized carbons (Fsp3) is 0.316. The fourth-order valence-electron chi connectivity index (χ4n) is 3.78. The summed E-state index contributed by atoms with van der Waals surface area (Å²) in [5.41, 5.74) is 2.36. The zero-order chi connectivity index (χ0) is 14.7. The molecule has 1 spiro atoms. The lowest BCUT2D eigenvalue weighted by Gasteiger charge is -2.35. The lowest BCUT2D eigenvalue weighted by Crippen LogP contribution is -2.40. The summed E-state index contributed by atoms with van der Waals surface area (Å²) in [4.78, 5) is 12.9. The van der Waals surface area contributed by atoms with Gasteiger partial charge < -0.3 is 4.74 Å². The van der Waals surface area contributed by atoms with E-state index in [-0.39, 0.29) is 17.3 Å². The second kappa shape index (κ2) is 4.05. The van der Waals surface area contributed by atoms with E-state index in [4.69, 9.17) is 4.74 Å². The van der Waals surface area contributed by atoms with E-state index < -0.39 is 5.60 Å². The standard InChI is InChI=1S/C19H18O2/c1-18(2)12-19(16(20)14-10-6-7-11-15(14)18)17(21-19)13-8-4-3-5-9-13/h3-11,17H,12H2,1-2H3/t17-,19+/m0/s1. The topological polar surface area (TPSA) is 29.6 Å². The van der Waals surface area contributed by atoms with Crippen molar-refractivity contribution in [3.8, 4) is 0 Å². The normalized spacial score (nSPS) is 29.2. The number of hydrogen-bond acceptors (Lipinski definition) is 2. The maximum atomic E-state index is 12.9. The summed E-state index contributed by atoms with van der Waals surface area (Å²) in [5, 5.41) is 0. The minimum absolute atomic E-state index is 0.0476. The lowest BCUT2D eigenvalue weighted by atomic mass is 9.66. The maximum Gasteiger partial charge on any atom is 0.198 e. The quantitative estimate of drug-likeness (QED) is 0.736. The zero-order valence-electron chi connectivity index (χ0n) is 12.3. The Bertz CT molecular complexity index is 717. The molecule has 2 aromatic carbocycles. The molecule has 1 heterocycles. The van der Waals surface area contributed by atoms with E-state index in [0.29, 0.717) is 0 Å². The largest absolute Gasteiger partial charge is 0.352 e. The predicted molar refractivity (Wildman–Crippen MR) is 81.4 cm³/mol. The average Bonchev–Trinajstić information content (AvgIpc) is 3.21. The van der Waals surface area contributed by atoms with Gasteiger partial charge in [-0.25, -0.2) is 0 Å². The first-order valence-electron chi connectivity index (χ1n) is 7.42. The summed E-state index contributed by atoms with van der Waals surface area (Å²) in [6.45, 7) is 4.40. The highest BCUT2D eigenvalue weighted by Gasteiger charge is 2.66. The Hall–Kier alpha value is -1.93. The van der Waals surface area contributed by atoms with Crippen molar-refractivity contribution >= 4 is 5.78 Å². The summed E-state index contributed by atoms with van der Waals surface area (Å²) in [6, 6.07) is 18.0. The molecule has 0 unspecified atom stereocenters. The SMILES string of the molecule is CC1(C)C[C@@]2(O[C@H]2c2ccccc2)C(=O)c2ccccc21. The Morgan fingerprint density at radius 1 is 1.00 bits per heavy atom. The zero-order valence-corrected chi connectivity index (χ0v) is 12.3. The second-order valence-corrected chi connectivity index (χ2v) is 6.73. The van der Waals surface area contributed by atoms with E-state index in [0.717, 1.165) is 23.1 Å². The van der Waals surface area contributed by atoms with Gasteiger partial charge in [0.1, 0.15) is 6.10 Å². The lowest BCUT2D eigenvalue weighted by molar-refractivity contribution is 0.0812. The van der Waals surface area contributed by atoms with Gasteiger partial charge in [-0.2, -0.15) is 0 Å². The van der Waals surface area contributed by atoms with Gasteiger partial charge in [0.2, 0.25) is 0 Å². The Labute approximate surface area is 124 Å². The van der Waals surface area contributed by atoms with Gasteiger partial charge in [0.05, 0.1) is 0 Å². The van der Waals surface area contributed by atoms with Gasteiger partial charge in [-0.15, -0.1) is 0 Å². The Kier molecular flexibility index (Phi) is 2.46. The van der Waals surface area contributed by atoms with Crippen molar-refractivity contribution in [2.24, 2.45) is 0 Å². The van der Waals surface area contributed by atoms with Crippen LogP contribution in [0.3, 0.4) is 0 Å². The summed E-state index contributed by atoms with van der Waals surface area (Å²) in [5.74, 6) is 0.145. The van der Waals surface area contributed by atoms with Crippen LogP contribution in [0.25, 0.3) is 0 Å². The first-order valence-corrected chi connectivity index (χ1v) is 7.42. The van der Waals surface area contributed by atoms with Crippen LogP contribution in [0.5, 0.6) is 0 Å². The molecule has 2 aromatic rings. The summed E-state index contributed by atoms with van der Waals surface area (Å²) in [7, 11) is 0. The van der Waals surface area contributed by atoms with Crippen molar-refractivity contribution in [3.05, 3.63) is 71.3 Å². The molecule has 1 fully saturated rings. The number of ether oxygens (including phenoxy) is 1. The third-order valence-electron chi connectivity index (χ3n) is 4.79. The van der Waals surface area contributed by atoms with Crippen molar-refractivity contribution in [1.82, 2.24) is 0 Å². The molecule has 0 bridgehead atoms. The van der Waals surface area contributed by atoms with Gasteiger partial charge >= 0.3 is 0 Å². The van der Waals surface area contributed by atoms with Gasteiger partial charge in [-0.05, 0) is 23.0 Å². The predicted octanol–water partition coefficient (Wildman–Crippen LogP) is 4.06. The second-order valence-electron chi connectivity index (χ2n) is 6.73. The summed E-state index contributed by atoms with van der Waals surface area (Å²) < 4.78 is 5.99. The van der Waals surface area contributed by atoms with E-state index >= 15 is 0 Å². The molecule has 106 valence electrons. The number of benzene rings is 2. The molecule has 0 N–H and O–H groups in total. The van der Waals surface area contributed by atoms with Crippen LogP contribution in [0.1, 0.15) is 47.9 Å². The molecule has 1 saturated heterocycles. The fourth-order valence-corrected chi connectivity index (χ4v) is 3.78. The van der Waals surface area contributed by atoms with Crippen LogP contribution < -0.4 is 0 Å². The van der Waals surface area contributed by atoms with Crippen LogP contribution in [0, 0.1) is 0 Å². The molecule has 0 saturated carbocycles. The third-order valence-corrected chi connectivity index (χ3v) is 4.79. The van der Waals surface area contributed by atoms with Gasteiger partial charge in [-0.1, -0.05) is 68.4 Å². The minimum atomic E-state index is -0.654. The molecule has 1 aliphatic carbocycles. The monoisotopic (exact) mass is 278 g/mol. The highest BCUT2D eigenvalue weighted by molar-refractivity contribution is 6.07. The number of ketones is 1. The maximum absolute atomic E-state index is 12.9. The van der Waals surface area contributed by atoms with Crippen molar-refractivity contribution in [1.29, 1.82) is 0 Å². The summed E-state index contributed by atoms with van der Waals surface area (Å²) >= 11 is 0.